The smallest absolute Gasteiger partial charge is 0.125 e. The molecular formula is C13H20FNO2. The highest BCUT2D eigenvalue weighted by Crippen LogP contribution is 2.12. The van der Waals surface area contributed by atoms with Crippen LogP contribution in [0.5, 0.6) is 0 Å². The first-order chi connectivity index (χ1) is 7.87. The normalized spacial score (nSPS) is 11.8. The van der Waals surface area contributed by atoms with Gasteiger partial charge in [-0.25, -0.2) is 4.39 Å². The number of nitrogens with two attached hydrogens (primary N) is 1. The first-order valence-electron chi connectivity index (χ1n) is 5.63. The lowest BCUT2D eigenvalue weighted by Gasteiger charge is -2.19. The van der Waals surface area contributed by atoms with Gasteiger partial charge in [0.2, 0.25) is 0 Å². The summed E-state index contributed by atoms with van der Waals surface area (Å²) in [4.78, 5) is 0. The van der Waals surface area contributed by atoms with E-state index in [2.05, 4.69) is 0 Å². The van der Waals surface area contributed by atoms with E-state index in [9.17, 15) is 4.39 Å². The molecular weight excluding hydrogens is 221 g/mol. The van der Waals surface area contributed by atoms with Crippen LogP contribution in [0.3, 0.4) is 0 Å². The summed E-state index contributed by atoms with van der Waals surface area (Å²) in [5, 5.41) is 0. The van der Waals surface area contributed by atoms with Crippen LogP contribution in [0.4, 0.5) is 10.1 Å². The fraction of sp³-hybridized carbons (Fsp3) is 0.538. The van der Waals surface area contributed by atoms with Gasteiger partial charge >= 0.3 is 0 Å². The summed E-state index contributed by atoms with van der Waals surface area (Å²) in [6, 6.07) is 4.40. The van der Waals surface area contributed by atoms with Crippen molar-refractivity contribution in [3.8, 4) is 0 Å². The molecule has 1 aromatic carbocycles. The molecule has 0 aliphatic rings. The number of benzene rings is 1. The number of ether oxygens (including phenoxy) is 2. The molecule has 0 radical (unpaired) electrons. The lowest BCUT2D eigenvalue weighted by molar-refractivity contribution is -0.0376. The van der Waals surface area contributed by atoms with Crippen LogP contribution in [0.15, 0.2) is 18.2 Å². The quantitative estimate of drug-likeness (QED) is 0.636. The van der Waals surface area contributed by atoms with E-state index in [1.165, 1.54) is 12.1 Å². The zero-order valence-corrected chi connectivity index (χ0v) is 10.6. The van der Waals surface area contributed by atoms with Gasteiger partial charge < -0.3 is 15.2 Å². The molecule has 0 aliphatic carbocycles. The Morgan fingerprint density at radius 1 is 1.18 bits per heavy atom. The third-order valence-electron chi connectivity index (χ3n) is 2.01. The number of rotatable bonds is 5. The van der Waals surface area contributed by atoms with Crippen LogP contribution in [0.25, 0.3) is 0 Å². The topological polar surface area (TPSA) is 44.5 Å². The molecule has 0 heterocycles. The van der Waals surface area contributed by atoms with Crippen molar-refractivity contribution in [2.45, 2.75) is 33.0 Å². The maximum Gasteiger partial charge on any atom is 0.125 e. The molecule has 0 aliphatic heterocycles. The lowest BCUT2D eigenvalue weighted by atomic mass is 10.2. The number of hydrogen-bond acceptors (Lipinski definition) is 3. The van der Waals surface area contributed by atoms with E-state index in [-0.39, 0.29) is 11.4 Å². The van der Waals surface area contributed by atoms with E-state index in [4.69, 9.17) is 15.2 Å². The van der Waals surface area contributed by atoms with E-state index in [1.54, 1.807) is 6.07 Å². The van der Waals surface area contributed by atoms with Gasteiger partial charge in [0.15, 0.2) is 0 Å². The Hall–Kier alpha value is -1.13. The van der Waals surface area contributed by atoms with Gasteiger partial charge in [-0.15, -0.1) is 0 Å². The zero-order chi connectivity index (χ0) is 12.9. The van der Waals surface area contributed by atoms with Crippen LogP contribution >= 0.6 is 0 Å². The molecule has 1 aromatic rings. The summed E-state index contributed by atoms with van der Waals surface area (Å²) in [6.45, 7) is 7.30. The predicted octanol–water partition coefficient (Wildman–Crippen LogP) is 2.74. The van der Waals surface area contributed by atoms with Crippen LogP contribution in [-0.4, -0.2) is 18.8 Å². The van der Waals surface area contributed by atoms with Crippen molar-refractivity contribution in [2.75, 3.05) is 18.9 Å². The summed E-state index contributed by atoms with van der Waals surface area (Å²) >= 11 is 0. The summed E-state index contributed by atoms with van der Waals surface area (Å²) in [5.74, 6) is -0.338. The molecule has 3 nitrogen and oxygen atoms in total. The molecule has 0 fully saturated rings. The number of halogens is 1. The summed E-state index contributed by atoms with van der Waals surface area (Å²) in [7, 11) is 0. The van der Waals surface area contributed by atoms with Crippen LogP contribution in [0, 0.1) is 5.82 Å². The minimum absolute atomic E-state index is 0.160. The van der Waals surface area contributed by atoms with Crippen molar-refractivity contribution in [1.82, 2.24) is 0 Å². The van der Waals surface area contributed by atoms with Crippen molar-refractivity contribution < 1.29 is 13.9 Å². The Balaban J connectivity index is 2.27. The monoisotopic (exact) mass is 241 g/mol. The fourth-order valence-corrected chi connectivity index (χ4v) is 1.36. The van der Waals surface area contributed by atoms with Crippen LogP contribution in [-0.2, 0) is 16.1 Å². The largest absolute Gasteiger partial charge is 0.399 e. The van der Waals surface area contributed by atoms with Crippen LogP contribution in [0.2, 0.25) is 0 Å². The molecule has 17 heavy (non-hydrogen) atoms. The van der Waals surface area contributed by atoms with Gasteiger partial charge in [0.25, 0.3) is 0 Å². The number of anilines is 1. The van der Waals surface area contributed by atoms with Gasteiger partial charge in [-0.3, -0.25) is 0 Å². The molecule has 0 aromatic heterocycles. The summed E-state index contributed by atoms with van der Waals surface area (Å²) < 4.78 is 23.9. The van der Waals surface area contributed by atoms with Crippen molar-refractivity contribution >= 4 is 5.69 Å². The predicted molar refractivity (Wildman–Crippen MR) is 66.2 cm³/mol. The molecule has 0 unspecified atom stereocenters. The van der Waals surface area contributed by atoms with Crippen molar-refractivity contribution in [1.29, 1.82) is 0 Å². The van der Waals surface area contributed by atoms with Gasteiger partial charge in [0, 0.05) is 5.69 Å². The Kier molecular flexibility index (Phi) is 4.90. The number of nitrogen functional groups attached to an aromatic ring is 1. The van der Waals surface area contributed by atoms with Crippen LogP contribution in [0.1, 0.15) is 26.3 Å². The van der Waals surface area contributed by atoms with Crippen molar-refractivity contribution in [2.24, 2.45) is 0 Å². The van der Waals surface area contributed by atoms with E-state index in [0.29, 0.717) is 25.5 Å². The third-order valence-corrected chi connectivity index (χ3v) is 2.01. The highest BCUT2D eigenvalue weighted by Gasteiger charge is 2.09. The van der Waals surface area contributed by atoms with Gasteiger partial charge in [-0.2, -0.15) is 0 Å². The van der Waals surface area contributed by atoms with Crippen LogP contribution < -0.4 is 5.73 Å². The van der Waals surface area contributed by atoms with Crippen molar-refractivity contribution in [3.05, 3.63) is 29.6 Å². The fourth-order valence-electron chi connectivity index (χ4n) is 1.36. The van der Waals surface area contributed by atoms with Crippen molar-refractivity contribution in [3.63, 3.8) is 0 Å². The highest BCUT2D eigenvalue weighted by molar-refractivity contribution is 5.41. The molecule has 0 bridgehead atoms. The Bertz CT molecular complexity index is 341. The SMILES string of the molecule is CC(C)(C)OCCOCc1cc(N)cc(F)c1. The first-order valence-corrected chi connectivity index (χ1v) is 5.63. The summed E-state index contributed by atoms with van der Waals surface area (Å²) in [6.07, 6.45) is 0. The lowest BCUT2D eigenvalue weighted by Crippen LogP contribution is -2.21. The molecule has 0 spiro atoms. The van der Waals surface area contributed by atoms with Gasteiger partial charge in [-0.05, 0) is 44.5 Å². The van der Waals surface area contributed by atoms with Gasteiger partial charge in [0.05, 0.1) is 25.4 Å². The average molecular weight is 241 g/mol. The minimum Gasteiger partial charge on any atom is -0.399 e. The Morgan fingerprint density at radius 3 is 2.47 bits per heavy atom. The molecule has 0 atom stereocenters. The standard InChI is InChI=1S/C13H20FNO2/c1-13(2,3)17-5-4-16-9-10-6-11(14)8-12(15)7-10/h6-8H,4-5,9,15H2,1-3H3. The first kappa shape index (κ1) is 13.9. The van der Waals surface area contributed by atoms with Gasteiger partial charge in [-0.1, -0.05) is 0 Å². The molecule has 1 rings (SSSR count). The minimum atomic E-state index is -0.338. The molecule has 4 heteroatoms. The molecule has 2 N–H and O–H groups in total. The third kappa shape index (κ3) is 6.24. The molecule has 0 saturated heterocycles. The van der Waals surface area contributed by atoms with E-state index in [1.807, 2.05) is 20.8 Å². The van der Waals surface area contributed by atoms with Gasteiger partial charge in [0.1, 0.15) is 5.82 Å². The molecule has 96 valence electrons. The maximum absolute atomic E-state index is 13.0. The molecule has 0 saturated carbocycles. The molecule has 0 amide bonds. The van der Waals surface area contributed by atoms with E-state index >= 15 is 0 Å². The second-order valence-electron chi connectivity index (χ2n) is 4.91. The highest BCUT2D eigenvalue weighted by atomic mass is 19.1. The average Bonchev–Trinajstić information content (AvgIpc) is 2.13. The maximum atomic E-state index is 13.0. The Morgan fingerprint density at radius 2 is 1.88 bits per heavy atom. The van der Waals surface area contributed by atoms with E-state index in [0.717, 1.165) is 5.56 Å². The second-order valence-corrected chi connectivity index (χ2v) is 4.91. The van der Waals surface area contributed by atoms with E-state index < -0.39 is 0 Å². The number of hydrogen-bond donors (Lipinski definition) is 1. The zero-order valence-electron chi connectivity index (χ0n) is 10.6. The second kappa shape index (κ2) is 5.98. The Labute approximate surface area is 102 Å². The summed E-state index contributed by atoms with van der Waals surface area (Å²) in [5.41, 5.74) is 6.51.